The van der Waals surface area contributed by atoms with Crippen LogP contribution in [0.3, 0.4) is 0 Å². The first-order chi connectivity index (χ1) is 11.7. The van der Waals surface area contributed by atoms with Crippen LogP contribution in [0.15, 0.2) is 48.5 Å². The van der Waals surface area contributed by atoms with Crippen LogP contribution in [0.25, 0.3) is 0 Å². The summed E-state index contributed by atoms with van der Waals surface area (Å²) in [7, 11) is -3.13. The number of sulfone groups is 1. The Hall–Kier alpha value is -2.14. The molecule has 0 aliphatic carbocycles. The maximum absolute atomic E-state index is 12.5. The number of nitrogens with one attached hydrogen (secondary N) is 1. The summed E-state index contributed by atoms with van der Waals surface area (Å²) in [5.41, 5.74) is 3.37. The van der Waals surface area contributed by atoms with Crippen LogP contribution in [-0.4, -0.2) is 20.6 Å². The summed E-state index contributed by atoms with van der Waals surface area (Å²) in [5.74, 6) is 0.188. The Labute approximate surface area is 150 Å². The van der Waals surface area contributed by atoms with Crippen LogP contribution in [0.5, 0.6) is 0 Å². The van der Waals surface area contributed by atoms with Crippen LogP contribution < -0.4 is 5.32 Å². The van der Waals surface area contributed by atoms with Gasteiger partial charge in [0.15, 0.2) is 9.84 Å². The van der Waals surface area contributed by atoms with Crippen molar-refractivity contribution < 1.29 is 13.2 Å². The zero-order valence-corrected chi connectivity index (χ0v) is 15.9. The standard InChI is InChI=1S/C20H25NO3S/c1-14(2)17-8-10-18(11-9-17)15(3)21-20(22)19-7-5-6-16(12-19)13-25(4,23)24/h5-12,14-15H,13H2,1-4H3,(H,21,22). The van der Waals surface area contributed by atoms with Gasteiger partial charge in [-0.15, -0.1) is 0 Å². The second kappa shape index (κ2) is 7.83. The molecule has 0 aromatic heterocycles. The Balaban J connectivity index is 2.09. The molecule has 0 saturated heterocycles. The Bertz CT molecular complexity index is 839. The number of amides is 1. The lowest BCUT2D eigenvalue weighted by molar-refractivity contribution is 0.0939. The summed E-state index contributed by atoms with van der Waals surface area (Å²) in [6, 6.07) is 14.8. The minimum absolute atomic E-state index is 0.0691. The summed E-state index contributed by atoms with van der Waals surface area (Å²) >= 11 is 0. The van der Waals surface area contributed by atoms with Crippen molar-refractivity contribution in [3.63, 3.8) is 0 Å². The van der Waals surface area contributed by atoms with Gasteiger partial charge in [0.05, 0.1) is 11.8 Å². The highest BCUT2D eigenvalue weighted by molar-refractivity contribution is 7.89. The van der Waals surface area contributed by atoms with E-state index in [0.29, 0.717) is 17.0 Å². The molecule has 0 bridgehead atoms. The molecule has 0 radical (unpaired) electrons. The number of hydrogen-bond acceptors (Lipinski definition) is 3. The van der Waals surface area contributed by atoms with Gasteiger partial charge in [-0.3, -0.25) is 4.79 Å². The fraction of sp³-hybridized carbons (Fsp3) is 0.350. The predicted octanol–water partition coefficient (Wildman–Crippen LogP) is 3.85. The quantitative estimate of drug-likeness (QED) is 0.852. The van der Waals surface area contributed by atoms with Gasteiger partial charge in [0, 0.05) is 11.8 Å². The van der Waals surface area contributed by atoms with Crippen molar-refractivity contribution in [2.24, 2.45) is 0 Å². The van der Waals surface area contributed by atoms with Crippen LogP contribution in [-0.2, 0) is 15.6 Å². The van der Waals surface area contributed by atoms with Gasteiger partial charge in [-0.2, -0.15) is 0 Å². The molecule has 0 fully saturated rings. The van der Waals surface area contributed by atoms with Crippen LogP contribution in [0.4, 0.5) is 0 Å². The van der Waals surface area contributed by atoms with E-state index in [2.05, 4.69) is 31.3 Å². The van der Waals surface area contributed by atoms with Crippen LogP contribution in [0.1, 0.15) is 59.8 Å². The minimum atomic E-state index is -3.13. The normalized spacial score (nSPS) is 12.8. The van der Waals surface area contributed by atoms with Crippen molar-refractivity contribution in [1.29, 1.82) is 0 Å². The second-order valence-electron chi connectivity index (χ2n) is 6.79. The number of benzene rings is 2. The second-order valence-corrected chi connectivity index (χ2v) is 8.93. The highest BCUT2D eigenvalue weighted by Gasteiger charge is 2.13. The Morgan fingerprint density at radius 2 is 1.60 bits per heavy atom. The molecule has 1 amide bonds. The molecule has 2 aromatic carbocycles. The van der Waals surface area contributed by atoms with Crippen molar-refractivity contribution in [1.82, 2.24) is 5.32 Å². The van der Waals surface area contributed by atoms with E-state index in [0.717, 1.165) is 5.56 Å². The number of carbonyl (C=O) groups is 1. The lowest BCUT2D eigenvalue weighted by atomic mass is 9.99. The first-order valence-electron chi connectivity index (χ1n) is 8.33. The van der Waals surface area contributed by atoms with Crippen molar-refractivity contribution in [3.8, 4) is 0 Å². The molecule has 1 unspecified atom stereocenters. The molecular weight excluding hydrogens is 334 g/mol. The summed E-state index contributed by atoms with van der Waals surface area (Å²) in [6.45, 7) is 6.22. The van der Waals surface area contributed by atoms with Crippen LogP contribution >= 0.6 is 0 Å². The van der Waals surface area contributed by atoms with Gasteiger partial charge >= 0.3 is 0 Å². The van der Waals surface area contributed by atoms with Gasteiger partial charge in [0.1, 0.15) is 0 Å². The molecule has 0 aliphatic heterocycles. The third-order valence-corrected chi connectivity index (χ3v) is 4.93. The predicted molar refractivity (Wildman–Crippen MR) is 101 cm³/mol. The zero-order valence-electron chi connectivity index (χ0n) is 15.1. The minimum Gasteiger partial charge on any atom is -0.346 e. The van der Waals surface area contributed by atoms with E-state index in [9.17, 15) is 13.2 Å². The van der Waals surface area contributed by atoms with Crippen LogP contribution in [0, 0.1) is 0 Å². The van der Waals surface area contributed by atoms with E-state index in [1.54, 1.807) is 24.3 Å². The molecule has 0 saturated carbocycles. The first-order valence-corrected chi connectivity index (χ1v) is 10.4. The zero-order chi connectivity index (χ0) is 18.6. The maximum atomic E-state index is 12.5. The fourth-order valence-electron chi connectivity index (χ4n) is 2.64. The summed E-state index contributed by atoms with van der Waals surface area (Å²) in [4.78, 5) is 12.5. The van der Waals surface area contributed by atoms with E-state index in [1.165, 1.54) is 11.8 Å². The summed E-state index contributed by atoms with van der Waals surface area (Å²) < 4.78 is 22.8. The number of carbonyl (C=O) groups excluding carboxylic acids is 1. The first kappa shape index (κ1) is 19.2. The molecule has 2 aromatic rings. The monoisotopic (exact) mass is 359 g/mol. The molecule has 134 valence electrons. The van der Waals surface area contributed by atoms with Crippen molar-refractivity contribution in [3.05, 3.63) is 70.8 Å². The third kappa shape index (κ3) is 5.71. The average molecular weight is 359 g/mol. The lowest BCUT2D eigenvalue weighted by Gasteiger charge is -2.16. The van der Waals surface area contributed by atoms with Gasteiger partial charge in [-0.05, 0) is 41.7 Å². The maximum Gasteiger partial charge on any atom is 0.251 e. The van der Waals surface area contributed by atoms with Gasteiger partial charge in [-0.1, -0.05) is 50.2 Å². The van der Waals surface area contributed by atoms with E-state index in [4.69, 9.17) is 0 Å². The molecule has 4 nitrogen and oxygen atoms in total. The third-order valence-electron chi connectivity index (χ3n) is 4.07. The average Bonchev–Trinajstić information content (AvgIpc) is 2.53. The Morgan fingerprint density at radius 3 is 2.16 bits per heavy atom. The molecule has 5 heteroatoms. The van der Waals surface area contributed by atoms with E-state index < -0.39 is 9.84 Å². The molecule has 0 spiro atoms. The summed E-state index contributed by atoms with van der Waals surface area (Å²) in [6.07, 6.45) is 1.18. The van der Waals surface area contributed by atoms with Gasteiger partial charge in [0.2, 0.25) is 0 Å². The molecule has 2 rings (SSSR count). The van der Waals surface area contributed by atoms with Crippen molar-refractivity contribution in [2.45, 2.75) is 38.5 Å². The molecule has 25 heavy (non-hydrogen) atoms. The molecule has 1 N–H and O–H groups in total. The highest BCUT2D eigenvalue weighted by Crippen LogP contribution is 2.19. The van der Waals surface area contributed by atoms with E-state index >= 15 is 0 Å². The van der Waals surface area contributed by atoms with E-state index in [1.807, 2.05) is 19.1 Å². The molecular formula is C20H25NO3S. The summed E-state index contributed by atoms with van der Waals surface area (Å²) in [5, 5.41) is 2.96. The Kier molecular flexibility index (Phi) is 6.01. The number of hydrogen-bond donors (Lipinski definition) is 1. The van der Waals surface area contributed by atoms with Crippen molar-refractivity contribution >= 4 is 15.7 Å². The van der Waals surface area contributed by atoms with E-state index in [-0.39, 0.29) is 17.7 Å². The Morgan fingerprint density at radius 1 is 1.00 bits per heavy atom. The van der Waals surface area contributed by atoms with Crippen LogP contribution in [0.2, 0.25) is 0 Å². The topological polar surface area (TPSA) is 63.2 Å². The SMILES string of the molecule is CC(C)c1ccc(C(C)NC(=O)c2cccc(CS(C)(=O)=O)c2)cc1. The van der Waals surface area contributed by atoms with Crippen molar-refractivity contribution in [2.75, 3.05) is 6.26 Å². The fourth-order valence-corrected chi connectivity index (χ4v) is 3.42. The lowest BCUT2D eigenvalue weighted by Crippen LogP contribution is -2.26. The molecule has 0 heterocycles. The number of rotatable bonds is 6. The molecule has 0 aliphatic rings. The van der Waals surface area contributed by atoms with Gasteiger partial charge in [-0.25, -0.2) is 8.42 Å². The smallest absolute Gasteiger partial charge is 0.251 e. The van der Waals surface area contributed by atoms with Gasteiger partial charge in [0.25, 0.3) is 5.91 Å². The molecule has 1 atom stereocenters. The highest BCUT2D eigenvalue weighted by atomic mass is 32.2. The largest absolute Gasteiger partial charge is 0.346 e. The van der Waals surface area contributed by atoms with Gasteiger partial charge < -0.3 is 5.32 Å².